The Morgan fingerprint density at radius 3 is 2.50 bits per heavy atom. The van der Waals surface area contributed by atoms with Crippen molar-refractivity contribution >= 4 is 51.0 Å². The van der Waals surface area contributed by atoms with Gasteiger partial charge < -0.3 is 4.90 Å². The molecule has 0 saturated carbocycles. The number of rotatable bonds is 9. The van der Waals surface area contributed by atoms with Crippen molar-refractivity contribution in [1.82, 2.24) is 24.6 Å². The van der Waals surface area contributed by atoms with Crippen LogP contribution in [-0.2, 0) is 10.5 Å². The topological polar surface area (TPSA) is 63.9 Å². The monoisotopic (exact) mass is 483 g/mol. The fourth-order valence-electron chi connectivity index (χ4n) is 3.35. The molecule has 1 atom stereocenters. The van der Waals surface area contributed by atoms with Crippen molar-refractivity contribution in [3.63, 3.8) is 0 Å². The molecule has 2 aromatic carbocycles. The number of benzene rings is 2. The highest BCUT2D eigenvalue weighted by atomic mass is 32.2. The van der Waals surface area contributed by atoms with E-state index >= 15 is 0 Å². The molecule has 0 aliphatic heterocycles. The van der Waals surface area contributed by atoms with Crippen LogP contribution in [0.2, 0.25) is 0 Å². The largest absolute Gasteiger partial charge is 0.342 e. The van der Waals surface area contributed by atoms with Crippen LogP contribution in [0.1, 0.15) is 26.6 Å². The van der Waals surface area contributed by atoms with Gasteiger partial charge in [-0.3, -0.25) is 9.36 Å². The Morgan fingerprint density at radius 1 is 1.06 bits per heavy atom. The second-order valence-corrected chi connectivity index (χ2v) is 10.6. The average molecular weight is 484 g/mol. The summed E-state index contributed by atoms with van der Waals surface area (Å²) in [5, 5.41) is 9.42. The number of amides is 1. The molecule has 166 valence electrons. The van der Waals surface area contributed by atoms with Crippen molar-refractivity contribution in [3.05, 3.63) is 60.4 Å². The van der Waals surface area contributed by atoms with Gasteiger partial charge in [-0.15, -0.1) is 21.5 Å². The Morgan fingerprint density at radius 2 is 1.78 bits per heavy atom. The van der Waals surface area contributed by atoms with Gasteiger partial charge >= 0.3 is 0 Å². The molecule has 4 rings (SSSR count). The minimum atomic E-state index is -0.244. The number of hydrogen-bond donors (Lipinski definition) is 0. The Kier molecular flexibility index (Phi) is 7.49. The molecule has 0 bridgehead atoms. The molecule has 1 unspecified atom stereocenters. The van der Waals surface area contributed by atoms with Gasteiger partial charge in [-0.05, 0) is 45.0 Å². The van der Waals surface area contributed by atoms with Crippen molar-refractivity contribution in [3.8, 4) is 5.69 Å². The maximum atomic E-state index is 12.8. The van der Waals surface area contributed by atoms with Gasteiger partial charge in [-0.1, -0.05) is 53.9 Å². The Balaban J connectivity index is 1.58. The van der Waals surface area contributed by atoms with E-state index in [-0.39, 0.29) is 11.2 Å². The first kappa shape index (κ1) is 22.8. The summed E-state index contributed by atoms with van der Waals surface area (Å²) in [6, 6.07) is 18.2. The molecule has 9 heteroatoms. The zero-order valence-electron chi connectivity index (χ0n) is 18.3. The standard InChI is InChI=1S/C23H25N5OS3/c1-4-27(5-2)21(29)16(3)31-22-26-25-20(28(22)17-11-7-6-8-12-17)15-30-23-24-18-13-9-10-14-19(18)32-23/h6-14,16H,4-5,15H2,1-3H3. The lowest BCUT2D eigenvalue weighted by Gasteiger charge is -2.22. The maximum absolute atomic E-state index is 12.8. The molecule has 0 radical (unpaired) electrons. The smallest absolute Gasteiger partial charge is 0.235 e. The summed E-state index contributed by atoms with van der Waals surface area (Å²) in [7, 11) is 0. The van der Waals surface area contributed by atoms with Gasteiger partial charge in [-0.25, -0.2) is 4.98 Å². The van der Waals surface area contributed by atoms with Crippen LogP contribution in [0.4, 0.5) is 0 Å². The van der Waals surface area contributed by atoms with Gasteiger partial charge in [0.05, 0.1) is 21.2 Å². The first-order valence-electron chi connectivity index (χ1n) is 10.5. The summed E-state index contributed by atoms with van der Waals surface area (Å²) in [6.45, 7) is 7.35. The van der Waals surface area contributed by atoms with E-state index in [0.29, 0.717) is 18.8 Å². The van der Waals surface area contributed by atoms with Gasteiger partial charge in [0.15, 0.2) is 9.50 Å². The van der Waals surface area contributed by atoms with Crippen LogP contribution >= 0.6 is 34.9 Å². The van der Waals surface area contributed by atoms with E-state index in [1.807, 2.05) is 74.2 Å². The predicted octanol–water partition coefficient (Wildman–Crippen LogP) is 5.52. The average Bonchev–Trinajstić information content (AvgIpc) is 3.42. The highest BCUT2D eigenvalue weighted by Gasteiger charge is 2.24. The van der Waals surface area contributed by atoms with Crippen LogP contribution in [-0.4, -0.2) is 48.9 Å². The van der Waals surface area contributed by atoms with Crippen molar-refractivity contribution in [2.45, 2.75) is 41.3 Å². The van der Waals surface area contributed by atoms with E-state index in [9.17, 15) is 4.79 Å². The number of thiazole rings is 1. The predicted molar refractivity (Wildman–Crippen MR) is 134 cm³/mol. The zero-order chi connectivity index (χ0) is 22.5. The zero-order valence-corrected chi connectivity index (χ0v) is 20.7. The fourth-order valence-corrected chi connectivity index (χ4v) is 6.30. The Hall–Kier alpha value is -2.36. The van der Waals surface area contributed by atoms with Crippen LogP contribution in [0, 0.1) is 0 Å². The van der Waals surface area contributed by atoms with E-state index in [4.69, 9.17) is 4.98 Å². The second kappa shape index (κ2) is 10.5. The SMILES string of the molecule is CCN(CC)C(=O)C(C)Sc1nnc(CSc2nc3ccccc3s2)n1-c1ccccc1. The summed E-state index contributed by atoms with van der Waals surface area (Å²) in [5.74, 6) is 1.60. The van der Waals surface area contributed by atoms with E-state index in [0.717, 1.165) is 26.5 Å². The highest BCUT2D eigenvalue weighted by molar-refractivity contribution is 8.00. The lowest BCUT2D eigenvalue weighted by Crippen LogP contribution is -2.36. The summed E-state index contributed by atoms with van der Waals surface area (Å²) >= 11 is 4.80. The number of carbonyl (C=O) groups excluding carboxylic acids is 1. The molecule has 1 amide bonds. The molecule has 4 aromatic rings. The van der Waals surface area contributed by atoms with E-state index in [1.54, 1.807) is 23.1 Å². The van der Waals surface area contributed by atoms with E-state index < -0.39 is 0 Å². The minimum Gasteiger partial charge on any atom is -0.342 e. The normalized spacial score (nSPS) is 12.2. The van der Waals surface area contributed by atoms with Gasteiger partial charge in [0.2, 0.25) is 5.91 Å². The Bertz CT molecular complexity index is 1150. The summed E-state index contributed by atoms with van der Waals surface area (Å²) in [6.07, 6.45) is 0. The number of hydrogen-bond acceptors (Lipinski definition) is 7. The number of fused-ring (bicyclic) bond motifs is 1. The summed E-state index contributed by atoms with van der Waals surface area (Å²) in [5.41, 5.74) is 2.01. The van der Waals surface area contributed by atoms with Crippen LogP contribution < -0.4 is 0 Å². The molecular formula is C23H25N5OS3. The molecule has 0 aliphatic carbocycles. The molecule has 2 aromatic heterocycles. The molecule has 0 aliphatic rings. The van der Waals surface area contributed by atoms with Crippen molar-refractivity contribution in [2.75, 3.05) is 13.1 Å². The summed E-state index contributed by atoms with van der Waals surface area (Å²) in [4.78, 5) is 19.4. The molecule has 0 saturated heterocycles. The van der Waals surface area contributed by atoms with Gasteiger partial charge in [0.25, 0.3) is 0 Å². The molecule has 0 fully saturated rings. The fraction of sp³-hybridized carbons (Fsp3) is 0.304. The highest BCUT2D eigenvalue weighted by Crippen LogP contribution is 2.33. The molecule has 6 nitrogen and oxygen atoms in total. The third-order valence-corrected chi connectivity index (χ3v) is 8.22. The van der Waals surface area contributed by atoms with Crippen LogP contribution in [0.15, 0.2) is 64.1 Å². The van der Waals surface area contributed by atoms with Crippen LogP contribution in [0.25, 0.3) is 15.9 Å². The number of para-hydroxylation sites is 2. The van der Waals surface area contributed by atoms with E-state index in [2.05, 4.69) is 20.8 Å². The lowest BCUT2D eigenvalue weighted by atomic mass is 10.3. The Labute approximate surface area is 200 Å². The van der Waals surface area contributed by atoms with Crippen molar-refractivity contribution in [1.29, 1.82) is 0 Å². The molecular weight excluding hydrogens is 458 g/mol. The second-order valence-electron chi connectivity index (χ2n) is 7.08. The maximum Gasteiger partial charge on any atom is 0.235 e. The number of aromatic nitrogens is 4. The first-order valence-corrected chi connectivity index (χ1v) is 13.2. The third kappa shape index (κ3) is 5.00. The lowest BCUT2D eigenvalue weighted by molar-refractivity contribution is -0.129. The minimum absolute atomic E-state index is 0.119. The molecule has 2 heterocycles. The van der Waals surface area contributed by atoms with Crippen LogP contribution in [0.5, 0.6) is 0 Å². The van der Waals surface area contributed by atoms with Crippen LogP contribution in [0.3, 0.4) is 0 Å². The van der Waals surface area contributed by atoms with Gasteiger partial charge in [0.1, 0.15) is 5.82 Å². The quantitative estimate of drug-likeness (QED) is 0.292. The number of thioether (sulfide) groups is 2. The van der Waals surface area contributed by atoms with Gasteiger partial charge in [-0.2, -0.15) is 0 Å². The molecule has 0 spiro atoms. The number of carbonyl (C=O) groups is 1. The molecule has 0 N–H and O–H groups in total. The first-order chi connectivity index (χ1) is 15.6. The van der Waals surface area contributed by atoms with Crippen molar-refractivity contribution < 1.29 is 4.79 Å². The number of nitrogens with zero attached hydrogens (tertiary/aromatic N) is 5. The summed E-state index contributed by atoms with van der Waals surface area (Å²) < 4.78 is 4.24. The third-order valence-electron chi connectivity index (χ3n) is 5.02. The van der Waals surface area contributed by atoms with Gasteiger partial charge in [0, 0.05) is 18.8 Å². The van der Waals surface area contributed by atoms with E-state index in [1.165, 1.54) is 16.5 Å². The van der Waals surface area contributed by atoms with Crippen molar-refractivity contribution in [2.24, 2.45) is 0 Å². The molecule has 32 heavy (non-hydrogen) atoms.